The van der Waals surface area contributed by atoms with Crippen molar-refractivity contribution in [1.29, 1.82) is 0 Å². The first-order valence-corrected chi connectivity index (χ1v) is 7.00. The fourth-order valence-corrected chi connectivity index (χ4v) is 2.74. The van der Waals surface area contributed by atoms with Gasteiger partial charge in [-0.15, -0.1) is 0 Å². The van der Waals surface area contributed by atoms with Gasteiger partial charge in [0, 0.05) is 10.2 Å². The molecule has 3 heteroatoms. The minimum Gasteiger partial charge on any atom is -0.386 e. The van der Waals surface area contributed by atoms with Crippen molar-refractivity contribution in [1.82, 2.24) is 0 Å². The van der Waals surface area contributed by atoms with Crippen LogP contribution in [-0.4, -0.2) is 11.1 Å². The zero-order valence-electron chi connectivity index (χ0n) is 10.3. The van der Waals surface area contributed by atoms with E-state index in [1.54, 1.807) is 0 Å². The van der Waals surface area contributed by atoms with E-state index in [4.69, 9.17) is 0 Å². The highest BCUT2D eigenvalue weighted by Crippen LogP contribution is 2.30. The Bertz CT molecular complexity index is 624. The average molecular weight is 316 g/mol. The van der Waals surface area contributed by atoms with Crippen LogP contribution in [0.5, 0.6) is 0 Å². The van der Waals surface area contributed by atoms with Crippen LogP contribution in [0.25, 0.3) is 6.08 Å². The molecule has 1 aliphatic rings. The minimum absolute atomic E-state index is 0.107. The molecule has 0 heterocycles. The smallest absolute Gasteiger partial charge is 0.103 e. The van der Waals surface area contributed by atoms with Crippen molar-refractivity contribution in [2.75, 3.05) is 5.32 Å². The number of aliphatic hydroxyl groups is 1. The van der Waals surface area contributed by atoms with Gasteiger partial charge in [0.15, 0.2) is 0 Å². The Morgan fingerprint density at radius 1 is 1.05 bits per heavy atom. The molecule has 0 unspecified atom stereocenters. The molecular formula is C16H14BrNO. The van der Waals surface area contributed by atoms with E-state index in [0.29, 0.717) is 0 Å². The second-order valence-corrected chi connectivity index (χ2v) is 5.53. The van der Waals surface area contributed by atoms with Crippen LogP contribution in [0.15, 0.2) is 59.1 Å². The van der Waals surface area contributed by atoms with Gasteiger partial charge in [-0.2, -0.15) is 0 Å². The van der Waals surface area contributed by atoms with Crippen molar-refractivity contribution in [2.24, 2.45) is 0 Å². The normalized spacial score (nSPS) is 20.9. The van der Waals surface area contributed by atoms with E-state index >= 15 is 0 Å². The lowest BCUT2D eigenvalue weighted by Gasteiger charge is -2.27. The molecule has 2 aromatic rings. The van der Waals surface area contributed by atoms with Crippen LogP contribution in [0.4, 0.5) is 5.69 Å². The summed E-state index contributed by atoms with van der Waals surface area (Å²) in [5.74, 6) is 0. The molecule has 1 aliphatic carbocycles. The topological polar surface area (TPSA) is 32.3 Å². The molecule has 2 nitrogen and oxygen atoms in total. The van der Waals surface area contributed by atoms with Crippen molar-refractivity contribution < 1.29 is 5.11 Å². The molecule has 2 atom stereocenters. The van der Waals surface area contributed by atoms with Crippen molar-refractivity contribution in [3.63, 3.8) is 0 Å². The van der Waals surface area contributed by atoms with E-state index in [2.05, 4.69) is 27.3 Å². The first-order chi connectivity index (χ1) is 9.24. The molecule has 2 aromatic carbocycles. The zero-order valence-corrected chi connectivity index (χ0v) is 11.8. The summed E-state index contributed by atoms with van der Waals surface area (Å²) in [5.41, 5.74) is 3.04. The quantitative estimate of drug-likeness (QED) is 0.878. The lowest BCUT2D eigenvalue weighted by molar-refractivity contribution is 0.168. The molecule has 0 spiro atoms. The monoisotopic (exact) mass is 315 g/mol. The van der Waals surface area contributed by atoms with Crippen LogP contribution < -0.4 is 5.32 Å². The average Bonchev–Trinajstić information content (AvgIpc) is 2.42. The standard InChI is InChI=1S/C16H14BrNO/c17-12-5-3-6-13(10-12)18-15-9-8-11-4-1-2-7-14(11)16(15)19/h1-10,15-16,18-19H/t15-,16-/m1/s1. The van der Waals surface area contributed by atoms with Gasteiger partial charge in [0.2, 0.25) is 0 Å². The zero-order chi connectivity index (χ0) is 13.2. The minimum atomic E-state index is -0.528. The highest BCUT2D eigenvalue weighted by atomic mass is 79.9. The molecule has 0 radical (unpaired) electrons. The van der Waals surface area contributed by atoms with E-state index in [9.17, 15) is 5.11 Å². The molecule has 0 amide bonds. The SMILES string of the molecule is O[C@@H]1c2ccccc2C=C[C@H]1Nc1cccc(Br)c1. The Labute approximate surface area is 120 Å². The second-order valence-electron chi connectivity index (χ2n) is 4.61. The largest absolute Gasteiger partial charge is 0.386 e. The first-order valence-electron chi connectivity index (χ1n) is 6.21. The van der Waals surface area contributed by atoms with E-state index < -0.39 is 6.10 Å². The molecule has 0 aliphatic heterocycles. The number of anilines is 1. The Kier molecular flexibility index (Phi) is 3.40. The molecule has 2 N–H and O–H groups in total. The highest BCUT2D eigenvalue weighted by Gasteiger charge is 2.23. The maximum Gasteiger partial charge on any atom is 0.103 e. The number of fused-ring (bicyclic) bond motifs is 1. The number of halogens is 1. The predicted molar refractivity (Wildman–Crippen MR) is 82.0 cm³/mol. The molecule has 0 aromatic heterocycles. The third-order valence-corrected chi connectivity index (χ3v) is 3.79. The van der Waals surface area contributed by atoms with Gasteiger partial charge in [-0.3, -0.25) is 0 Å². The number of rotatable bonds is 2. The van der Waals surface area contributed by atoms with Crippen molar-refractivity contribution in [3.05, 3.63) is 70.2 Å². The molecule has 0 saturated carbocycles. The van der Waals surface area contributed by atoms with Crippen LogP contribution in [0.2, 0.25) is 0 Å². The van der Waals surface area contributed by atoms with Gasteiger partial charge in [-0.1, -0.05) is 58.4 Å². The summed E-state index contributed by atoms with van der Waals surface area (Å²) in [6.45, 7) is 0. The van der Waals surface area contributed by atoms with Gasteiger partial charge in [0.1, 0.15) is 6.10 Å². The highest BCUT2D eigenvalue weighted by molar-refractivity contribution is 9.10. The van der Waals surface area contributed by atoms with Crippen LogP contribution in [0, 0.1) is 0 Å². The number of benzene rings is 2. The number of aliphatic hydroxyl groups excluding tert-OH is 1. The number of hydrogen-bond acceptors (Lipinski definition) is 2. The first kappa shape index (κ1) is 12.5. The van der Waals surface area contributed by atoms with E-state index in [1.165, 1.54) is 0 Å². The van der Waals surface area contributed by atoms with E-state index in [0.717, 1.165) is 21.3 Å². The van der Waals surface area contributed by atoms with Crippen LogP contribution in [0.1, 0.15) is 17.2 Å². The number of hydrogen-bond donors (Lipinski definition) is 2. The molecule has 96 valence electrons. The van der Waals surface area contributed by atoms with Gasteiger partial charge < -0.3 is 10.4 Å². The lowest BCUT2D eigenvalue weighted by Crippen LogP contribution is -2.27. The van der Waals surface area contributed by atoms with Gasteiger partial charge in [-0.25, -0.2) is 0 Å². The molecule has 0 bridgehead atoms. The maximum absolute atomic E-state index is 10.4. The van der Waals surface area contributed by atoms with Gasteiger partial charge in [0.05, 0.1) is 6.04 Å². The third-order valence-electron chi connectivity index (χ3n) is 3.30. The second kappa shape index (κ2) is 5.19. The van der Waals surface area contributed by atoms with Crippen molar-refractivity contribution >= 4 is 27.7 Å². The maximum atomic E-state index is 10.4. The molecule has 19 heavy (non-hydrogen) atoms. The fraction of sp³-hybridized carbons (Fsp3) is 0.125. The van der Waals surface area contributed by atoms with Gasteiger partial charge in [0.25, 0.3) is 0 Å². The Morgan fingerprint density at radius 2 is 1.89 bits per heavy atom. The Morgan fingerprint density at radius 3 is 2.74 bits per heavy atom. The summed E-state index contributed by atoms with van der Waals surface area (Å²) < 4.78 is 1.02. The molecule has 0 fully saturated rings. The molecule has 0 saturated heterocycles. The van der Waals surface area contributed by atoms with Gasteiger partial charge in [-0.05, 0) is 29.3 Å². The van der Waals surface area contributed by atoms with E-state index in [1.807, 2.05) is 54.6 Å². The number of nitrogens with one attached hydrogen (secondary N) is 1. The summed E-state index contributed by atoms with van der Waals surface area (Å²) in [7, 11) is 0. The fourth-order valence-electron chi connectivity index (χ4n) is 2.34. The Balaban J connectivity index is 1.85. The van der Waals surface area contributed by atoms with Crippen LogP contribution in [0.3, 0.4) is 0 Å². The molecule has 3 rings (SSSR count). The summed E-state index contributed by atoms with van der Waals surface area (Å²) in [5, 5.41) is 13.8. The van der Waals surface area contributed by atoms with Crippen molar-refractivity contribution in [3.8, 4) is 0 Å². The third kappa shape index (κ3) is 2.57. The summed E-state index contributed by atoms with van der Waals surface area (Å²) in [6.07, 6.45) is 3.53. The molecular weight excluding hydrogens is 302 g/mol. The van der Waals surface area contributed by atoms with Crippen molar-refractivity contribution in [2.45, 2.75) is 12.1 Å². The summed E-state index contributed by atoms with van der Waals surface area (Å²) >= 11 is 3.45. The van der Waals surface area contributed by atoms with E-state index in [-0.39, 0.29) is 6.04 Å². The summed E-state index contributed by atoms with van der Waals surface area (Å²) in [6, 6.07) is 15.8. The van der Waals surface area contributed by atoms with Gasteiger partial charge >= 0.3 is 0 Å². The lowest BCUT2D eigenvalue weighted by atomic mass is 9.91. The summed E-state index contributed by atoms with van der Waals surface area (Å²) in [4.78, 5) is 0. The predicted octanol–water partition coefficient (Wildman–Crippen LogP) is 3.99. The Hall–Kier alpha value is -1.58. The van der Waals surface area contributed by atoms with Crippen LogP contribution in [-0.2, 0) is 0 Å². The van der Waals surface area contributed by atoms with Crippen LogP contribution >= 0.6 is 15.9 Å².